The molecule has 1 amide bonds. The molecule has 1 aliphatic heterocycles. The molecule has 1 atom stereocenters. The molecular formula is C20H19ClN4O3. The second-order valence-corrected chi connectivity index (χ2v) is 6.74. The zero-order valence-corrected chi connectivity index (χ0v) is 16.0. The number of amides is 1. The molecule has 0 saturated carbocycles. The number of nitrogens with zero attached hydrogens (tertiary/aromatic N) is 3. The van der Waals surface area contributed by atoms with Gasteiger partial charge in [0.25, 0.3) is 5.91 Å². The van der Waals surface area contributed by atoms with Gasteiger partial charge in [0, 0.05) is 0 Å². The van der Waals surface area contributed by atoms with Crippen LogP contribution in [0.25, 0.3) is 5.69 Å². The normalized spacial score (nSPS) is 13.8. The Hall–Kier alpha value is -3.06. The number of para-hydroxylation sites is 1. The van der Waals surface area contributed by atoms with E-state index in [1.807, 2.05) is 43.3 Å². The van der Waals surface area contributed by atoms with Gasteiger partial charge in [-0.1, -0.05) is 41.9 Å². The molecule has 0 spiro atoms. The van der Waals surface area contributed by atoms with Gasteiger partial charge in [0.15, 0.2) is 17.2 Å². The van der Waals surface area contributed by atoms with E-state index >= 15 is 0 Å². The summed E-state index contributed by atoms with van der Waals surface area (Å²) < 4.78 is 12.7. The number of benzene rings is 2. The number of rotatable bonds is 5. The predicted molar refractivity (Wildman–Crippen MR) is 104 cm³/mol. The lowest BCUT2D eigenvalue weighted by molar-refractivity contribution is 0.0930. The minimum absolute atomic E-state index is 0.186. The molecular weight excluding hydrogens is 380 g/mol. The average Bonchev–Trinajstić information content (AvgIpc) is 3.22. The van der Waals surface area contributed by atoms with Crippen LogP contribution in [0.5, 0.6) is 11.5 Å². The van der Waals surface area contributed by atoms with E-state index in [0.717, 1.165) is 11.3 Å². The zero-order chi connectivity index (χ0) is 19.5. The number of halogens is 1. The van der Waals surface area contributed by atoms with Crippen molar-refractivity contribution in [1.82, 2.24) is 20.3 Å². The Morgan fingerprint density at radius 2 is 2.00 bits per heavy atom. The highest BCUT2D eigenvalue weighted by atomic mass is 35.5. The molecule has 0 saturated heterocycles. The molecule has 0 aliphatic carbocycles. The smallest absolute Gasteiger partial charge is 0.273 e. The molecule has 1 aliphatic rings. The molecule has 144 valence electrons. The van der Waals surface area contributed by atoms with Gasteiger partial charge in [-0.05, 0) is 36.2 Å². The maximum atomic E-state index is 12.7. The summed E-state index contributed by atoms with van der Waals surface area (Å²) in [6, 6.07) is 12.8. The fraction of sp³-hybridized carbons (Fsp3) is 0.250. The number of hydrogen-bond donors (Lipinski definition) is 1. The number of fused-ring (bicyclic) bond motifs is 1. The molecule has 4 rings (SSSR count). The SMILES string of the molecule is CCC(NC(=O)c1cn(-c2ccccc2Cl)nn1)c1ccc2c(c1)OCCO2. The highest BCUT2D eigenvalue weighted by Crippen LogP contribution is 2.33. The number of hydrogen-bond acceptors (Lipinski definition) is 5. The second-order valence-electron chi connectivity index (χ2n) is 6.34. The van der Waals surface area contributed by atoms with E-state index in [1.54, 1.807) is 12.3 Å². The maximum absolute atomic E-state index is 12.7. The first-order valence-corrected chi connectivity index (χ1v) is 9.41. The minimum atomic E-state index is -0.306. The Kier molecular flexibility index (Phi) is 5.16. The highest BCUT2D eigenvalue weighted by molar-refractivity contribution is 6.32. The first kappa shape index (κ1) is 18.3. The molecule has 8 heteroatoms. The Bertz CT molecular complexity index is 1000. The molecule has 1 aromatic heterocycles. The maximum Gasteiger partial charge on any atom is 0.273 e. The van der Waals surface area contributed by atoms with Crippen LogP contribution < -0.4 is 14.8 Å². The average molecular weight is 399 g/mol. The lowest BCUT2D eigenvalue weighted by Gasteiger charge is -2.22. The van der Waals surface area contributed by atoms with Gasteiger partial charge < -0.3 is 14.8 Å². The molecule has 0 fully saturated rings. The molecule has 0 radical (unpaired) electrons. The fourth-order valence-corrected chi connectivity index (χ4v) is 3.28. The summed E-state index contributed by atoms with van der Waals surface area (Å²) in [6.07, 6.45) is 2.27. The third kappa shape index (κ3) is 3.66. The monoisotopic (exact) mass is 398 g/mol. The van der Waals surface area contributed by atoms with E-state index in [4.69, 9.17) is 21.1 Å². The van der Waals surface area contributed by atoms with Crippen LogP contribution in [0.15, 0.2) is 48.7 Å². The summed E-state index contributed by atoms with van der Waals surface area (Å²) in [7, 11) is 0. The van der Waals surface area contributed by atoms with E-state index < -0.39 is 0 Å². The van der Waals surface area contributed by atoms with Crippen LogP contribution in [0.3, 0.4) is 0 Å². The van der Waals surface area contributed by atoms with E-state index in [2.05, 4.69) is 15.6 Å². The van der Waals surface area contributed by atoms with Crippen LogP contribution in [-0.2, 0) is 0 Å². The number of nitrogens with one attached hydrogen (secondary N) is 1. The third-order valence-electron chi connectivity index (χ3n) is 4.51. The summed E-state index contributed by atoms with van der Waals surface area (Å²) in [5, 5.41) is 11.5. The Balaban J connectivity index is 1.52. The second kappa shape index (κ2) is 7.90. The van der Waals surface area contributed by atoms with E-state index in [9.17, 15) is 4.79 Å². The zero-order valence-electron chi connectivity index (χ0n) is 15.3. The van der Waals surface area contributed by atoms with Crippen LogP contribution in [0.1, 0.15) is 35.4 Å². The van der Waals surface area contributed by atoms with Gasteiger partial charge in [0.1, 0.15) is 13.2 Å². The van der Waals surface area contributed by atoms with Crippen molar-refractivity contribution in [1.29, 1.82) is 0 Å². The van der Waals surface area contributed by atoms with E-state index in [1.165, 1.54) is 4.68 Å². The molecule has 7 nitrogen and oxygen atoms in total. The van der Waals surface area contributed by atoms with Crippen molar-refractivity contribution in [3.8, 4) is 17.2 Å². The van der Waals surface area contributed by atoms with Crippen molar-refractivity contribution in [2.24, 2.45) is 0 Å². The van der Waals surface area contributed by atoms with Crippen LogP contribution in [-0.4, -0.2) is 34.1 Å². The molecule has 1 unspecified atom stereocenters. The van der Waals surface area contributed by atoms with Crippen molar-refractivity contribution < 1.29 is 14.3 Å². The van der Waals surface area contributed by atoms with Crippen molar-refractivity contribution in [2.45, 2.75) is 19.4 Å². The van der Waals surface area contributed by atoms with Crippen LogP contribution >= 0.6 is 11.6 Å². The van der Waals surface area contributed by atoms with Gasteiger partial charge in [-0.25, -0.2) is 4.68 Å². The lowest BCUT2D eigenvalue weighted by Crippen LogP contribution is -2.28. The topological polar surface area (TPSA) is 78.3 Å². The highest BCUT2D eigenvalue weighted by Gasteiger charge is 2.20. The van der Waals surface area contributed by atoms with Gasteiger partial charge in [0.05, 0.1) is 22.9 Å². The van der Waals surface area contributed by atoms with Crippen LogP contribution in [0, 0.1) is 0 Å². The van der Waals surface area contributed by atoms with Gasteiger partial charge in [-0.2, -0.15) is 0 Å². The first-order valence-electron chi connectivity index (χ1n) is 9.03. The van der Waals surface area contributed by atoms with E-state index in [0.29, 0.717) is 36.1 Å². The van der Waals surface area contributed by atoms with Crippen molar-refractivity contribution in [2.75, 3.05) is 13.2 Å². The summed E-state index contributed by atoms with van der Waals surface area (Å²) in [5.74, 6) is 1.11. The molecule has 0 bridgehead atoms. The Morgan fingerprint density at radius 1 is 1.21 bits per heavy atom. The molecule has 1 N–H and O–H groups in total. The molecule has 28 heavy (non-hydrogen) atoms. The standard InChI is InChI=1S/C20H19ClN4O3/c1-2-15(13-7-8-18-19(11-13)28-10-9-27-18)22-20(26)16-12-25(24-23-16)17-6-4-3-5-14(17)21/h3-8,11-12,15H,2,9-10H2,1H3,(H,22,26). The summed E-state index contributed by atoms with van der Waals surface area (Å²) in [4.78, 5) is 12.7. The fourth-order valence-electron chi connectivity index (χ4n) is 3.05. The summed E-state index contributed by atoms with van der Waals surface area (Å²) in [6.45, 7) is 3.06. The third-order valence-corrected chi connectivity index (χ3v) is 4.83. The van der Waals surface area contributed by atoms with E-state index in [-0.39, 0.29) is 17.6 Å². The predicted octanol–water partition coefficient (Wildman–Crippen LogP) is 3.57. The molecule has 3 aromatic rings. The van der Waals surface area contributed by atoms with Gasteiger partial charge in [0.2, 0.25) is 0 Å². The molecule has 2 aromatic carbocycles. The van der Waals surface area contributed by atoms with Gasteiger partial charge in [-0.3, -0.25) is 4.79 Å². The number of carbonyl (C=O) groups is 1. The summed E-state index contributed by atoms with van der Waals surface area (Å²) >= 11 is 6.18. The number of aromatic nitrogens is 3. The first-order chi connectivity index (χ1) is 13.7. The number of carbonyl (C=O) groups excluding carboxylic acids is 1. The number of ether oxygens (including phenoxy) is 2. The Labute approximate surface area is 167 Å². The summed E-state index contributed by atoms with van der Waals surface area (Å²) in [5.41, 5.74) is 1.82. The van der Waals surface area contributed by atoms with Crippen molar-refractivity contribution in [3.63, 3.8) is 0 Å². The van der Waals surface area contributed by atoms with Crippen LogP contribution in [0.4, 0.5) is 0 Å². The largest absolute Gasteiger partial charge is 0.486 e. The Morgan fingerprint density at radius 3 is 2.79 bits per heavy atom. The van der Waals surface area contributed by atoms with Crippen molar-refractivity contribution >= 4 is 17.5 Å². The quantitative estimate of drug-likeness (QED) is 0.710. The van der Waals surface area contributed by atoms with Crippen LogP contribution in [0.2, 0.25) is 5.02 Å². The van der Waals surface area contributed by atoms with Crippen molar-refractivity contribution in [3.05, 3.63) is 64.9 Å². The van der Waals surface area contributed by atoms with Gasteiger partial charge in [-0.15, -0.1) is 5.10 Å². The van der Waals surface area contributed by atoms with Gasteiger partial charge >= 0.3 is 0 Å². The lowest BCUT2D eigenvalue weighted by atomic mass is 10.0. The minimum Gasteiger partial charge on any atom is -0.486 e. The molecule has 2 heterocycles.